The van der Waals surface area contributed by atoms with Crippen molar-refractivity contribution >= 4 is 85.5 Å². The third-order valence-electron chi connectivity index (χ3n) is 4.91. The van der Waals surface area contributed by atoms with Crippen molar-refractivity contribution in [3.05, 3.63) is 61.0 Å². The molecule has 0 spiro atoms. The van der Waals surface area contributed by atoms with E-state index in [0.29, 0.717) is 10.6 Å². The third-order valence-corrected chi connectivity index (χ3v) is 7.80. The Labute approximate surface area is 223 Å². The van der Waals surface area contributed by atoms with Crippen LogP contribution in [-0.2, 0) is 26.2 Å². The molecular weight excluding hydrogens is 568 g/mol. The molecule has 0 aliphatic rings. The van der Waals surface area contributed by atoms with E-state index >= 15 is 0 Å². The zero-order chi connectivity index (χ0) is 25.8. The number of carbonyl (C=O) groups excluding carboxylic acids is 2. The quantitative estimate of drug-likeness (QED) is 0.404. The second-order valence-corrected chi connectivity index (χ2v) is 11.2. The van der Waals surface area contributed by atoms with Crippen molar-refractivity contribution < 1.29 is 18.0 Å². The fourth-order valence-electron chi connectivity index (χ4n) is 3.22. The van der Waals surface area contributed by atoms with Crippen LogP contribution in [0.5, 0.6) is 0 Å². The van der Waals surface area contributed by atoms with Gasteiger partial charge in [0.2, 0.25) is 21.8 Å². The molecule has 2 amide bonds. The molecule has 34 heavy (non-hydrogen) atoms. The van der Waals surface area contributed by atoms with Crippen molar-refractivity contribution in [1.82, 2.24) is 10.2 Å². The third kappa shape index (κ3) is 7.06. The van der Waals surface area contributed by atoms with Gasteiger partial charge in [-0.1, -0.05) is 71.0 Å². The highest BCUT2D eigenvalue weighted by molar-refractivity contribution is 7.92. The number of halogens is 5. The number of sulfonamides is 1. The van der Waals surface area contributed by atoms with Gasteiger partial charge >= 0.3 is 0 Å². The summed E-state index contributed by atoms with van der Waals surface area (Å²) >= 11 is 30.3. The van der Waals surface area contributed by atoms with Crippen molar-refractivity contribution in [2.75, 3.05) is 24.2 Å². The number of hydrogen-bond acceptors (Lipinski definition) is 4. The fraction of sp³-hybridized carbons (Fsp3) is 0.333. The highest BCUT2D eigenvalue weighted by atomic mass is 35.5. The molecule has 0 aliphatic carbocycles. The van der Waals surface area contributed by atoms with Gasteiger partial charge in [-0.2, -0.15) is 0 Å². The van der Waals surface area contributed by atoms with Gasteiger partial charge in [0, 0.05) is 13.6 Å². The maximum Gasteiger partial charge on any atom is 0.244 e. The molecule has 0 heterocycles. The van der Waals surface area contributed by atoms with Crippen molar-refractivity contribution in [3.63, 3.8) is 0 Å². The van der Waals surface area contributed by atoms with Gasteiger partial charge in [-0.05, 0) is 36.2 Å². The molecule has 186 valence electrons. The molecule has 0 saturated heterocycles. The molecule has 0 fully saturated rings. The van der Waals surface area contributed by atoms with Gasteiger partial charge in [-0.3, -0.25) is 13.9 Å². The lowest BCUT2D eigenvalue weighted by atomic mass is 10.1. The second-order valence-electron chi connectivity index (χ2n) is 7.30. The summed E-state index contributed by atoms with van der Waals surface area (Å²) in [7, 11) is -2.53. The summed E-state index contributed by atoms with van der Waals surface area (Å²) in [5.74, 6) is -1.05. The van der Waals surface area contributed by atoms with Crippen LogP contribution in [0.15, 0.2) is 30.3 Å². The van der Waals surface area contributed by atoms with Gasteiger partial charge in [0.15, 0.2) is 0 Å². The number of anilines is 1. The number of benzene rings is 2. The maximum absolute atomic E-state index is 13.5. The molecule has 2 aromatic rings. The van der Waals surface area contributed by atoms with Crippen LogP contribution in [0.1, 0.15) is 18.9 Å². The predicted molar refractivity (Wildman–Crippen MR) is 139 cm³/mol. The molecule has 0 radical (unpaired) electrons. The summed E-state index contributed by atoms with van der Waals surface area (Å²) < 4.78 is 26.1. The van der Waals surface area contributed by atoms with Gasteiger partial charge in [0.25, 0.3) is 0 Å². The molecule has 2 aromatic carbocycles. The molecule has 0 unspecified atom stereocenters. The van der Waals surface area contributed by atoms with Gasteiger partial charge < -0.3 is 10.2 Å². The van der Waals surface area contributed by atoms with Crippen molar-refractivity contribution in [3.8, 4) is 0 Å². The van der Waals surface area contributed by atoms with Crippen LogP contribution in [0.25, 0.3) is 0 Å². The Morgan fingerprint density at radius 3 is 2.06 bits per heavy atom. The summed E-state index contributed by atoms with van der Waals surface area (Å²) in [5, 5.41) is 3.32. The summed E-state index contributed by atoms with van der Waals surface area (Å²) in [6.07, 6.45) is 1.21. The van der Waals surface area contributed by atoms with E-state index in [1.54, 1.807) is 25.1 Å². The predicted octanol–water partition coefficient (Wildman–Crippen LogP) is 5.27. The van der Waals surface area contributed by atoms with Crippen LogP contribution in [0.4, 0.5) is 5.69 Å². The molecule has 0 saturated carbocycles. The standard InChI is InChI=1S/C21H22Cl5N3O4S/c1-4-18(21(31)27-2)28(10-12-5-6-13(22)14(23)7-12)20(30)11-29(34(3,32)33)19-9-16(25)15(24)8-17(19)26/h5-9,18H,4,10-11H2,1-3H3,(H,27,31)/t18-/m0/s1. The smallest absolute Gasteiger partial charge is 0.244 e. The number of hydrogen-bond donors (Lipinski definition) is 1. The molecule has 2 rings (SSSR count). The van der Waals surface area contributed by atoms with E-state index in [0.717, 1.165) is 10.6 Å². The maximum atomic E-state index is 13.5. The van der Waals surface area contributed by atoms with Crippen molar-refractivity contribution in [2.45, 2.75) is 25.9 Å². The first-order valence-electron chi connectivity index (χ1n) is 9.87. The highest BCUT2D eigenvalue weighted by Gasteiger charge is 2.32. The minimum absolute atomic E-state index is 0.0120. The first-order chi connectivity index (χ1) is 15.8. The number of nitrogens with zero attached hydrogens (tertiary/aromatic N) is 2. The average molecular weight is 590 g/mol. The molecule has 1 atom stereocenters. The normalized spacial score (nSPS) is 12.2. The van der Waals surface area contributed by atoms with Crippen LogP contribution in [0.3, 0.4) is 0 Å². The van der Waals surface area contributed by atoms with E-state index in [4.69, 9.17) is 58.0 Å². The summed E-state index contributed by atoms with van der Waals surface area (Å²) in [4.78, 5) is 27.3. The lowest BCUT2D eigenvalue weighted by Gasteiger charge is -2.32. The number of rotatable bonds is 9. The number of likely N-dealkylation sites (N-methyl/N-ethyl adjacent to an activating group) is 1. The topological polar surface area (TPSA) is 86.8 Å². The zero-order valence-corrected chi connectivity index (χ0v) is 23.0. The van der Waals surface area contributed by atoms with Crippen molar-refractivity contribution in [2.24, 2.45) is 0 Å². The van der Waals surface area contributed by atoms with E-state index < -0.39 is 34.4 Å². The minimum atomic E-state index is -3.98. The van der Waals surface area contributed by atoms with Gasteiger partial charge in [0.05, 0.1) is 37.1 Å². The summed E-state index contributed by atoms with van der Waals surface area (Å²) in [5.41, 5.74) is 0.581. The Morgan fingerprint density at radius 1 is 0.941 bits per heavy atom. The lowest BCUT2D eigenvalue weighted by molar-refractivity contribution is -0.140. The number of nitrogens with one attached hydrogen (secondary N) is 1. The second kappa shape index (κ2) is 12.0. The molecular formula is C21H22Cl5N3O4S. The monoisotopic (exact) mass is 587 g/mol. The van der Waals surface area contributed by atoms with Crippen LogP contribution in [0.2, 0.25) is 25.1 Å². The number of amides is 2. The van der Waals surface area contributed by atoms with Gasteiger partial charge in [-0.15, -0.1) is 0 Å². The Morgan fingerprint density at radius 2 is 1.53 bits per heavy atom. The SMILES string of the molecule is CC[C@@H](C(=O)NC)N(Cc1ccc(Cl)c(Cl)c1)C(=O)CN(c1cc(Cl)c(Cl)cc1Cl)S(C)(=O)=O. The Kier molecular flexibility index (Phi) is 10.2. The van der Waals surface area contributed by atoms with E-state index in [1.807, 2.05) is 0 Å². The molecule has 0 aromatic heterocycles. The van der Waals surface area contributed by atoms with E-state index in [9.17, 15) is 18.0 Å². The molecule has 0 bridgehead atoms. The molecule has 0 aliphatic heterocycles. The fourth-order valence-corrected chi connectivity index (χ4v) is 5.09. The summed E-state index contributed by atoms with van der Waals surface area (Å²) in [6.45, 7) is 1.08. The van der Waals surface area contributed by atoms with Gasteiger partial charge in [-0.25, -0.2) is 8.42 Å². The number of carbonyl (C=O) groups is 2. The van der Waals surface area contributed by atoms with Gasteiger partial charge in [0.1, 0.15) is 12.6 Å². The highest BCUT2D eigenvalue weighted by Crippen LogP contribution is 2.35. The van der Waals surface area contributed by atoms with E-state index in [2.05, 4.69) is 5.32 Å². The molecule has 13 heteroatoms. The molecule has 1 N–H and O–H groups in total. The Hall–Kier alpha value is -1.42. The van der Waals surface area contributed by atoms with Crippen LogP contribution in [-0.4, -0.2) is 51.0 Å². The van der Waals surface area contributed by atoms with Crippen LogP contribution >= 0.6 is 58.0 Å². The van der Waals surface area contributed by atoms with Crippen LogP contribution in [0, 0.1) is 0 Å². The Bertz CT molecular complexity index is 1190. The van der Waals surface area contributed by atoms with Crippen molar-refractivity contribution in [1.29, 1.82) is 0 Å². The van der Waals surface area contributed by atoms with Crippen LogP contribution < -0.4 is 9.62 Å². The van der Waals surface area contributed by atoms with E-state index in [-0.39, 0.29) is 38.7 Å². The first-order valence-corrected chi connectivity index (χ1v) is 13.6. The Balaban J connectivity index is 2.51. The minimum Gasteiger partial charge on any atom is -0.357 e. The summed E-state index contributed by atoms with van der Waals surface area (Å²) in [6, 6.07) is 6.48. The zero-order valence-electron chi connectivity index (χ0n) is 18.4. The first kappa shape index (κ1) is 28.8. The largest absolute Gasteiger partial charge is 0.357 e. The average Bonchev–Trinajstić information content (AvgIpc) is 2.76. The van der Waals surface area contributed by atoms with E-state index in [1.165, 1.54) is 24.1 Å². The lowest BCUT2D eigenvalue weighted by Crippen LogP contribution is -2.51. The molecule has 7 nitrogen and oxygen atoms in total.